The fourth-order valence-corrected chi connectivity index (χ4v) is 2.93. The largest absolute Gasteiger partial charge is 0.339 e. The lowest BCUT2D eigenvalue weighted by Crippen LogP contribution is -2.25. The lowest BCUT2D eigenvalue weighted by atomic mass is 9.70. The van der Waals surface area contributed by atoms with E-state index in [9.17, 15) is 0 Å². The Morgan fingerprint density at radius 1 is 1.26 bits per heavy atom. The van der Waals surface area contributed by atoms with Gasteiger partial charge in [0.15, 0.2) is 5.82 Å². The number of nitrogens with two attached hydrogens (primary N) is 1. The molecule has 0 saturated heterocycles. The molecule has 1 aliphatic rings. The van der Waals surface area contributed by atoms with E-state index >= 15 is 0 Å². The van der Waals surface area contributed by atoms with Crippen LogP contribution in [0.15, 0.2) is 4.52 Å². The third kappa shape index (κ3) is 3.35. The maximum absolute atomic E-state index is 5.63. The van der Waals surface area contributed by atoms with Gasteiger partial charge < -0.3 is 10.3 Å². The van der Waals surface area contributed by atoms with E-state index in [1.807, 2.05) is 6.92 Å². The summed E-state index contributed by atoms with van der Waals surface area (Å²) in [5.74, 6) is 3.03. The minimum Gasteiger partial charge on any atom is -0.339 e. The van der Waals surface area contributed by atoms with Gasteiger partial charge in [-0.3, -0.25) is 0 Å². The summed E-state index contributed by atoms with van der Waals surface area (Å²) in [4.78, 5) is 4.53. The molecule has 1 aromatic heterocycles. The maximum atomic E-state index is 5.63. The van der Waals surface area contributed by atoms with Gasteiger partial charge in [-0.2, -0.15) is 4.98 Å². The Hall–Kier alpha value is -0.900. The van der Waals surface area contributed by atoms with E-state index in [-0.39, 0.29) is 5.92 Å². The molecule has 0 aliphatic heterocycles. The summed E-state index contributed by atoms with van der Waals surface area (Å²) in [5.41, 5.74) is 6.05. The standard InChI is InChI=1S/C15H27N3O/c1-10(9-16)14-17-13(18-19-14)11-5-7-12(8-6-11)15(2,3)4/h10-12H,5-9,16H2,1-4H3. The van der Waals surface area contributed by atoms with Crippen LogP contribution in [0.3, 0.4) is 0 Å². The van der Waals surface area contributed by atoms with Crippen LogP contribution in [0.1, 0.15) is 76.9 Å². The zero-order chi connectivity index (χ0) is 14.0. The van der Waals surface area contributed by atoms with Crippen molar-refractivity contribution in [1.29, 1.82) is 0 Å². The van der Waals surface area contributed by atoms with Crippen molar-refractivity contribution in [1.82, 2.24) is 10.1 Å². The molecule has 1 aliphatic carbocycles. The Labute approximate surface area is 116 Å². The van der Waals surface area contributed by atoms with Crippen molar-refractivity contribution in [3.05, 3.63) is 11.7 Å². The maximum Gasteiger partial charge on any atom is 0.230 e. The molecule has 108 valence electrons. The first-order valence-electron chi connectivity index (χ1n) is 7.45. The number of nitrogens with zero attached hydrogens (tertiary/aromatic N) is 2. The molecule has 0 radical (unpaired) electrons. The summed E-state index contributed by atoms with van der Waals surface area (Å²) >= 11 is 0. The molecule has 4 heteroatoms. The van der Waals surface area contributed by atoms with Crippen molar-refractivity contribution < 1.29 is 4.52 Å². The first-order valence-corrected chi connectivity index (χ1v) is 7.45. The molecular formula is C15H27N3O. The Balaban J connectivity index is 1.96. The van der Waals surface area contributed by atoms with E-state index in [1.54, 1.807) is 0 Å². The van der Waals surface area contributed by atoms with Gasteiger partial charge in [-0.15, -0.1) is 0 Å². The molecule has 0 aromatic carbocycles. The second-order valence-electron chi connectivity index (χ2n) is 7.04. The normalized spacial score (nSPS) is 26.4. The quantitative estimate of drug-likeness (QED) is 0.909. The van der Waals surface area contributed by atoms with Crippen LogP contribution in [-0.2, 0) is 0 Å². The topological polar surface area (TPSA) is 64.9 Å². The predicted molar refractivity (Wildman–Crippen MR) is 75.9 cm³/mol. The third-order valence-electron chi connectivity index (χ3n) is 4.55. The second-order valence-corrected chi connectivity index (χ2v) is 7.04. The molecule has 1 aromatic rings. The van der Waals surface area contributed by atoms with Crippen molar-refractivity contribution in [2.75, 3.05) is 6.54 Å². The third-order valence-corrected chi connectivity index (χ3v) is 4.55. The van der Waals surface area contributed by atoms with E-state index in [0.717, 1.165) is 11.7 Å². The molecule has 2 N–H and O–H groups in total. The monoisotopic (exact) mass is 265 g/mol. The van der Waals surface area contributed by atoms with E-state index < -0.39 is 0 Å². The van der Waals surface area contributed by atoms with Crippen molar-refractivity contribution >= 4 is 0 Å². The molecular weight excluding hydrogens is 238 g/mol. The second kappa shape index (κ2) is 5.61. The van der Waals surface area contributed by atoms with Crippen LogP contribution < -0.4 is 5.73 Å². The van der Waals surface area contributed by atoms with Gasteiger partial charge in [-0.05, 0) is 37.0 Å². The summed E-state index contributed by atoms with van der Waals surface area (Å²) in [5, 5.41) is 4.15. The van der Waals surface area contributed by atoms with Gasteiger partial charge >= 0.3 is 0 Å². The van der Waals surface area contributed by atoms with Crippen LogP contribution in [0.25, 0.3) is 0 Å². The van der Waals surface area contributed by atoms with Crippen LogP contribution in [-0.4, -0.2) is 16.7 Å². The van der Waals surface area contributed by atoms with Gasteiger partial charge in [-0.25, -0.2) is 0 Å². The summed E-state index contributed by atoms with van der Waals surface area (Å²) in [7, 11) is 0. The molecule has 0 amide bonds. The van der Waals surface area contributed by atoms with Crippen LogP contribution >= 0.6 is 0 Å². The number of hydrogen-bond donors (Lipinski definition) is 1. The SMILES string of the molecule is CC(CN)c1nc(C2CCC(C(C)(C)C)CC2)no1. The first kappa shape index (κ1) is 14.5. The zero-order valence-electron chi connectivity index (χ0n) is 12.6. The zero-order valence-corrected chi connectivity index (χ0v) is 12.6. The minimum atomic E-state index is 0.159. The van der Waals surface area contributed by atoms with Gasteiger partial charge in [0.2, 0.25) is 5.89 Å². The Morgan fingerprint density at radius 2 is 1.89 bits per heavy atom. The Kier molecular flexibility index (Phi) is 4.29. The average Bonchev–Trinajstić information content (AvgIpc) is 2.86. The number of aromatic nitrogens is 2. The first-order chi connectivity index (χ1) is 8.91. The molecule has 1 fully saturated rings. The van der Waals surface area contributed by atoms with Gasteiger partial charge in [0.1, 0.15) is 0 Å². The molecule has 19 heavy (non-hydrogen) atoms. The van der Waals surface area contributed by atoms with Gasteiger partial charge in [0.05, 0.1) is 0 Å². The van der Waals surface area contributed by atoms with Gasteiger partial charge in [-0.1, -0.05) is 32.9 Å². The molecule has 1 saturated carbocycles. The van der Waals surface area contributed by atoms with Crippen LogP contribution in [0.2, 0.25) is 0 Å². The van der Waals surface area contributed by atoms with Crippen molar-refractivity contribution in [3.63, 3.8) is 0 Å². The van der Waals surface area contributed by atoms with E-state index in [4.69, 9.17) is 10.3 Å². The molecule has 1 heterocycles. The summed E-state index contributed by atoms with van der Waals surface area (Å²) in [6.07, 6.45) is 4.89. The van der Waals surface area contributed by atoms with Crippen molar-refractivity contribution in [2.45, 2.75) is 65.2 Å². The molecule has 2 rings (SSSR count). The highest BCUT2D eigenvalue weighted by Crippen LogP contribution is 2.42. The molecule has 0 spiro atoms. The van der Waals surface area contributed by atoms with Crippen molar-refractivity contribution in [3.8, 4) is 0 Å². The molecule has 0 bridgehead atoms. The summed E-state index contributed by atoms with van der Waals surface area (Å²) < 4.78 is 5.32. The average molecular weight is 265 g/mol. The Morgan fingerprint density at radius 3 is 2.42 bits per heavy atom. The minimum absolute atomic E-state index is 0.159. The molecule has 1 atom stereocenters. The van der Waals surface area contributed by atoms with Gasteiger partial charge in [0, 0.05) is 18.4 Å². The highest BCUT2D eigenvalue weighted by Gasteiger charge is 2.32. The fraction of sp³-hybridized carbons (Fsp3) is 0.867. The van der Waals surface area contributed by atoms with E-state index in [0.29, 0.717) is 23.8 Å². The summed E-state index contributed by atoms with van der Waals surface area (Å²) in [6.45, 7) is 9.60. The number of rotatable bonds is 3. The van der Waals surface area contributed by atoms with Crippen LogP contribution in [0.4, 0.5) is 0 Å². The molecule has 1 unspecified atom stereocenters. The van der Waals surface area contributed by atoms with Crippen LogP contribution in [0, 0.1) is 11.3 Å². The predicted octanol–water partition coefficient (Wildman–Crippen LogP) is 3.45. The lowest BCUT2D eigenvalue weighted by Gasteiger charge is -2.36. The number of hydrogen-bond acceptors (Lipinski definition) is 4. The smallest absolute Gasteiger partial charge is 0.230 e. The lowest BCUT2D eigenvalue weighted by molar-refractivity contribution is 0.166. The fourth-order valence-electron chi connectivity index (χ4n) is 2.93. The van der Waals surface area contributed by atoms with E-state index in [2.05, 4.69) is 30.9 Å². The molecule has 4 nitrogen and oxygen atoms in total. The van der Waals surface area contributed by atoms with Gasteiger partial charge in [0.25, 0.3) is 0 Å². The Bertz CT molecular complexity index is 400. The highest BCUT2D eigenvalue weighted by molar-refractivity contribution is 5.01. The summed E-state index contributed by atoms with van der Waals surface area (Å²) in [6, 6.07) is 0. The van der Waals surface area contributed by atoms with Crippen molar-refractivity contribution in [2.24, 2.45) is 17.1 Å². The highest BCUT2D eigenvalue weighted by atomic mass is 16.5. The van der Waals surface area contributed by atoms with Crippen LogP contribution in [0.5, 0.6) is 0 Å². The van der Waals surface area contributed by atoms with E-state index in [1.165, 1.54) is 25.7 Å².